The molecule has 0 saturated heterocycles. The lowest BCUT2D eigenvalue weighted by atomic mass is 10.0. The minimum Gasteiger partial charge on any atom is -0.390 e. The van der Waals surface area contributed by atoms with Crippen LogP contribution in [0.3, 0.4) is 0 Å². The van der Waals surface area contributed by atoms with Gasteiger partial charge in [-0.05, 0) is 24.1 Å². The van der Waals surface area contributed by atoms with Crippen molar-refractivity contribution in [3.8, 4) is 0 Å². The van der Waals surface area contributed by atoms with Crippen molar-refractivity contribution in [1.29, 1.82) is 0 Å². The van der Waals surface area contributed by atoms with Gasteiger partial charge in [0.2, 0.25) is 10.0 Å². The van der Waals surface area contributed by atoms with Gasteiger partial charge in [0.25, 0.3) is 11.8 Å². The van der Waals surface area contributed by atoms with Crippen LogP contribution in [0.2, 0.25) is 0 Å². The summed E-state index contributed by atoms with van der Waals surface area (Å²) in [5.41, 5.74) is 4.20. The maximum atomic E-state index is 12.9. The van der Waals surface area contributed by atoms with Gasteiger partial charge >= 0.3 is 0 Å². The van der Waals surface area contributed by atoms with Crippen LogP contribution in [0, 0.1) is 0 Å². The van der Waals surface area contributed by atoms with E-state index in [1.54, 1.807) is 29.3 Å². The largest absolute Gasteiger partial charge is 0.390 e. The minimum absolute atomic E-state index is 0.0288. The zero-order valence-electron chi connectivity index (χ0n) is 19.9. The first-order valence-electron chi connectivity index (χ1n) is 11.2. The average molecular weight is 532 g/mol. The summed E-state index contributed by atoms with van der Waals surface area (Å²) in [6, 6.07) is 17.4. The molecule has 0 fully saturated rings. The van der Waals surface area contributed by atoms with Crippen molar-refractivity contribution in [2.24, 2.45) is 0 Å². The molecule has 36 heavy (non-hydrogen) atoms. The third kappa shape index (κ3) is 8.41. The van der Waals surface area contributed by atoms with Crippen LogP contribution in [0.1, 0.15) is 33.3 Å². The number of anilines is 1. The fraction of sp³-hybridized carbons (Fsp3) is 0.292. The second kappa shape index (κ2) is 12.6. The summed E-state index contributed by atoms with van der Waals surface area (Å²) in [7, 11) is -3.53. The van der Waals surface area contributed by atoms with Crippen LogP contribution in [-0.2, 0) is 16.4 Å². The molecule has 0 spiro atoms. The number of aliphatic hydroxyl groups excluding tert-OH is 1. The highest BCUT2D eigenvalue weighted by atomic mass is 32.2. The Morgan fingerprint density at radius 2 is 1.69 bits per heavy atom. The van der Waals surface area contributed by atoms with Crippen LogP contribution < -0.4 is 15.5 Å². The topological polar surface area (TPSA) is 141 Å². The Morgan fingerprint density at radius 1 is 1.06 bits per heavy atom. The second-order valence-electron chi connectivity index (χ2n) is 8.09. The van der Waals surface area contributed by atoms with Gasteiger partial charge in [-0.1, -0.05) is 55.5 Å². The van der Waals surface area contributed by atoms with Crippen LogP contribution in [-0.4, -0.2) is 66.8 Å². The summed E-state index contributed by atoms with van der Waals surface area (Å²) in [4.78, 5) is 29.5. The van der Waals surface area contributed by atoms with Crippen molar-refractivity contribution in [1.82, 2.24) is 20.7 Å². The molecule has 0 bridgehead atoms. The molecule has 4 N–H and O–H groups in total. The third-order valence-corrected chi connectivity index (χ3v) is 6.62. The van der Waals surface area contributed by atoms with E-state index in [9.17, 15) is 23.1 Å². The lowest BCUT2D eigenvalue weighted by molar-refractivity contribution is 0.0470. The van der Waals surface area contributed by atoms with Crippen LogP contribution in [0.15, 0.2) is 66.0 Å². The summed E-state index contributed by atoms with van der Waals surface area (Å²) in [6.45, 7) is 2.33. The number of aliphatic hydroxyl groups is 1. The molecule has 2 aromatic carbocycles. The van der Waals surface area contributed by atoms with E-state index in [1.165, 1.54) is 5.38 Å². The van der Waals surface area contributed by atoms with Gasteiger partial charge in [0.1, 0.15) is 5.69 Å². The molecule has 3 rings (SSSR count). The molecular formula is C24H29N5O5S2. The number of rotatable bonds is 12. The van der Waals surface area contributed by atoms with E-state index in [4.69, 9.17) is 0 Å². The number of thiazole rings is 1. The average Bonchev–Trinajstić information content (AvgIpc) is 3.31. The molecule has 192 valence electrons. The molecule has 0 aliphatic carbocycles. The van der Waals surface area contributed by atoms with E-state index in [-0.39, 0.29) is 23.3 Å². The van der Waals surface area contributed by atoms with Crippen molar-refractivity contribution in [2.75, 3.05) is 24.1 Å². The van der Waals surface area contributed by atoms with Crippen molar-refractivity contribution < 1.29 is 23.1 Å². The summed E-state index contributed by atoms with van der Waals surface area (Å²) >= 11 is 0.983. The number of hydrogen-bond acceptors (Lipinski definition) is 8. The third-order valence-electron chi connectivity index (χ3n) is 5.17. The molecular weight excluding hydrogens is 502 g/mol. The van der Waals surface area contributed by atoms with E-state index in [0.717, 1.165) is 23.2 Å². The number of hydrazine groups is 1. The number of aromatic nitrogens is 1. The van der Waals surface area contributed by atoms with Crippen molar-refractivity contribution in [2.45, 2.75) is 25.5 Å². The van der Waals surface area contributed by atoms with E-state index in [0.29, 0.717) is 18.5 Å². The Bertz CT molecular complexity index is 1250. The zero-order chi connectivity index (χ0) is 26.1. The molecule has 1 aromatic heterocycles. The normalized spacial score (nSPS) is 13.1. The van der Waals surface area contributed by atoms with Gasteiger partial charge in [0, 0.05) is 24.0 Å². The van der Waals surface area contributed by atoms with Gasteiger partial charge in [0.15, 0.2) is 5.13 Å². The molecule has 0 aliphatic rings. The standard InChI is InChI=1S/C24H29N5O5S2/c1-3-29(27-22(31)18-12-8-5-9-13-18)15-21(30)19(14-17-10-6-4-7-11-17)25-23(32)20-16-35-24(26-20)28-36(2,33)34/h4-13,16,19,21,30H,3,14-15H2,1-2H3,(H,25,32)(H,26,28)(H,27,31). The number of nitrogens with one attached hydrogen (secondary N) is 3. The second-order valence-corrected chi connectivity index (χ2v) is 10.7. The first-order chi connectivity index (χ1) is 17.1. The SMILES string of the molecule is CCN(CC(O)C(Cc1ccccc1)NC(=O)c1csc(NS(C)(=O)=O)n1)NC(=O)c1ccccc1. The monoisotopic (exact) mass is 531 g/mol. The lowest BCUT2D eigenvalue weighted by Gasteiger charge is -2.29. The maximum absolute atomic E-state index is 12.9. The highest BCUT2D eigenvalue weighted by Crippen LogP contribution is 2.17. The van der Waals surface area contributed by atoms with Gasteiger partial charge in [-0.2, -0.15) is 0 Å². The first-order valence-corrected chi connectivity index (χ1v) is 14.0. The molecule has 0 saturated carbocycles. The van der Waals surface area contributed by atoms with Gasteiger partial charge in [0.05, 0.1) is 18.4 Å². The van der Waals surface area contributed by atoms with E-state index in [1.807, 2.05) is 43.3 Å². The van der Waals surface area contributed by atoms with Crippen LogP contribution in [0.5, 0.6) is 0 Å². The number of carbonyl (C=O) groups excluding carboxylic acids is 2. The molecule has 2 atom stereocenters. The van der Waals surface area contributed by atoms with Gasteiger partial charge in [-0.25, -0.2) is 18.4 Å². The molecule has 1 heterocycles. The molecule has 3 aromatic rings. The van der Waals surface area contributed by atoms with Gasteiger partial charge < -0.3 is 10.4 Å². The number of likely N-dealkylation sites (N-methyl/N-ethyl adjacent to an activating group) is 1. The molecule has 0 radical (unpaired) electrons. The molecule has 2 unspecified atom stereocenters. The number of benzene rings is 2. The smallest absolute Gasteiger partial charge is 0.271 e. The van der Waals surface area contributed by atoms with Crippen molar-refractivity contribution in [3.05, 3.63) is 82.9 Å². The van der Waals surface area contributed by atoms with Crippen LogP contribution >= 0.6 is 11.3 Å². The summed E-state index contributed by atoms with van der Waals surface area (Å²) in [6.07, 6.45) is 0.282. The van der Waals surface area contributed by atoms with Crippen LogP contribution in [0.4, 0.5) is 5.13 Å². The first kappa shape index (κ1) is 27.3. The summed E-state index contributed by atoms with van der Waals surface area (Å²) in [5.74, 6) is -0.856. The number of carbonyl (C=O) groups is 2. The Kier molecular flexibility index (Phi) is 9.53. The van der Waals surface area contributed by atoms with E-state index >= 15 is 0 Å². The highest BCUT2D eigenvalue weighted by molar-refractivity contribution is 7.92. The molecule has 12 heteroatoms. The van der Waals surface area contributed by atoms with E-state index in [2.05, 4.69) is 20.4 Å². The summed E-state index contributed by atoms with van der Waals surface area (Å²) < 4.78 is 25.1. The predicted molar refractivity (Wildman–Crippen MR) is 139 cm³/mol. The van der Waals surface area contributed by atoms with E-state index < -0.39 is 28.1 Å². The molecule has 0 aliphatic heterocycles. The predicted octanol–water partition coefficient (Wildman–Crippen LogP) is 1.88. The Labute approximate surface area is 214 Å². The zero-order valence-corrected chi connectivity index (χ0v) is 21.6. The Balaban J connectivity index is 1.72. The minimum atomic E-state index is -3.53. The number of sulfonamides is 1. The number of hydrogen-bond donors (Lipinski definition) is 4. The number of amides is 2. The Hall–Kier alpha value is -3.32. The van der Waals surface area contributed by atoms with Gasteiger partial charge in [-0.15, -0.1) is 11.3 Å². The van der Waals surface area contributed by atoms with Crippen LogP contribution in [0.25, 0.3) is 0 Å². The highest BCUT2D eigenvalue weighted by Gasteiger charge is 2.26. The molecule has 2 amide bonds. The lowest BCUT2D eigenvalue weighted by Crippen LogP contribution is -2.53. The van der Waals surface area contributed by atoms with Crippen molar-refractivity contribution in [3.63, 3.8) is 0 Å². The maximum Gasteiger partial charge on any atom is 0.271 e. The fourth-order valence-corrected chi connectivity index (χ4v) is 4.93. The summed E-state index contributed by atoms with van der Waals surface area (Å²) in [5, 5.41) is 17.0. The molecule has 10 nitrogen and oxygen atoms in total. The van der Waals surface area contributed by atoms with Gasteiger partial charge in [-0.3, -0.25) is 19.7 Å². The van der Waals surface area contributed by atoms with Crippen molar-refractivity contribution >= 4 is 38.3 Å². The Morgan fingerprint density at radius 3 is 2.31 bits per heavy atom. The quantitative estimate of drug-likeness (QED) is 0.262. The fourth-order valence-electron chi connectivity index (χ4n) is 3.38. The number of nitrogens with zero attached hydrogens (tertiary/aromatic N) is 2.